The second-order valence-corrected chi connectivity index (χ2v) is 18.3. The zero-order valence-electron chi connectivity index (χ0n) is 37.3. The molecule has 1 amide bonds. The van der Waals surface area contributed by atoms with Crippen molar-refractivity contribution >= 4 is 11.6 Å². The Morgan fingerprint density at radius 3 is 2.05 bits per heavy atom. The molecule has 0 spiro atoms. The van der Waals surface area contributed by atoms with Crippen molar-refractivity contribution in [2.75, 3.05) is 6.54 Å². The van der Waals surface area contributed by atoms with Crippen LogP contribution in [0, 0.1) is 0 Å². The van der Waals surface area contributed by atoms with Crippen molar-refractivity contribution in [3.05, 3.63) is 101 Å². The molecule has 0 fully saturated rings. The SMILES string of the molecule is CCCCCCC(Oc1ccc(C(C)(C)CC)cc1C(C)(C)CC)C(=O)NCC(C)c1nc2c(Oc3ccc(C(C)(C)c4ccc(O)cc4)cc3)c(C(C)C)[nH]n2n1. The lowest BCUT2D eigenvalue weighted by Crippen LogP contribution is -2.40. The van der Waals surface area contributed by atoms with E-state index in [2.05, 4.69) is 117 Å². The number of unbranched alkanes of at least 4 members (excludes halogenated alkanes) is 3. The van der Waals surface area contributed by atoms with Gasteiger partial charge in [0.15, 0.2) is 17.7 Å². The Balaban J connectivity index is 1.33. The van der Waals surface area contributed by atoms with E-state index >= 15 is 0 Å². The topological polar surface area (TPSA) is 114 Å². The first-order valence-corrected chi connectivity index (χ1v) is 21.6. The lowest BCUT2D eigenvalue weighted by molar-refractivity contribution is -0.128. The van der Waals surface area contributed by atoms with Crippen LogP contribution in [0.4, 0.5) is 0 Å². The molecule has 3 aromatic carbocycles. The Morgan fingerprint density at radius 1 is 0.828 bits per heavy atom. The molecule has 0 aliphatic rings. The second kappa shape index (κ2) is 18.4. The number of aromatic nitrogens is 4. The fraction of sp³-hybridized carbons (Fsp3) is 0.531. The summed E-state index contributed by atoms with van der Waals surface area (Å²) < 4.78 is 15.0. The van der Waals surface area contributed by atoms with Crippen LogP contribution in [-0.2, 0) is 21.0 Å². The maximum atomic E-state index is 14.0. The fourth-order valence-corrected chi connectivity index (χ4v) is 7.23. The van der Waals surface area contributed by atoms with Crippen LogP contribution in [0.2, 0.25) is 0 Å². The monoisotopic (exact) mass is 792 g/mol. The summed E-state index contributed by atoms with van der Waals surface area (Å²) in [6, 6.07) is 22.0. The minimum atomic E-state index is -0.614. The zero-order chi connectivity index (χ0) is 42.4. The molecular formula is C49H69N5O4. The molecule has 0 bridgehead atoms. The van der Waals surface area contributed by atoms with E-state index in [1.54, 1.807) is 16.8 Å². The van der Waals surface area contributed by atoms with Gasteiger partial charge in [-0.15, -0.1) is 9.73 Å². The number of H-pyrrole nitrogens is 1. The summed E-state index contributed by atoms with van der Waals surface area (Å²) >= 11 is 0. The van der Waals surface area contributed by atoms with E-state index in [-0.39, 0.29) is 39.7 Å². The predicted molar refractivity (Wildman–Crippen MR) is 236 cm³/mol. The summed E-state index contributed by atoms with van der Waals surface area (Å²) in [4.78, 5) is 19.0. The second-order valence-electron chi connectivity index (χ2n) is 18.3. The van der Waals surface area contributed by atoms with Crippen molar-refractivity contribution in [1.29, 1.82) is 0 Å². The first-order valence-electron chi connectivity index (χ1n) is 21.6. The highest BCUT2D eigenvalue weighted by Crippen LogP contribution is 2.40. The summed E-state index contributed by atoms with van der Waals surface area (Å²) in [5.41, 5.74) is 5.83. The molecule has 0 aliphatic heterocycles. The number of rotatable bonds is 20. The van der Waals surface area contributed by atoms with Crippen LogP contribution in [0.5, 0.6) is 23.0 Å². The first-order chi connectivity index (χ1) is 27.4. The number of carbonyl (C=O) groups excluding carboxylic acids is 1. The number of benzene rings is 3. The van der Waals surface area contributed by atoms with Crippen LogP contribution in [0.25, 0.3) is 5.65 Å². The van der Waals surface area contributed by atoms with E-state index in [0.717, 1.165) is 66.7 Å². The number of amides is 1. The maximum Gasteiger partial charge on any atom is 0.261 e. The van der Waals surface area contributed by atoms with Gasteiger partial charge in [0, 0.05) is 23.4 Å². The lowest BCUT2D eigenvalue weighted by Gasteiger charge is -2.31. The number of fused-ring (bicyclic) bond motifs is 1. The van der Waals surface area contributed by atoms with Crippen molar-refractivity contribution in [3.8, 4) is 23.0 Å². The largest absolute Gasteiger partial charge is 0.508 e. The lowest BCUT2D eigenvalue weighted by atomic mass is 9.76. The molecule has 314 valence electrons. The van der Waals surface area contributed by atoms with Crippen LogP contribution in [-0.4, -0.2) is 43.5 Å². The fourth-order valence-electron chi connectivity index (χ4n) is 7.23. The standard InChI is InChI=1S/C49H69N5O4/c1-13-16-17-18-19-41(58-40-29-24-36(47(7,8)14-2)30-39(40)48(9,10)15-3)46(56)50-31-33(6)44-51-45-43(42(32(4)5)52-54(45)53-44)57-38-27-22-35(23-28-38)49(11,12)34-20-25-37(55)26-21-34/h20-30,32-33,41,52,55H,13-19,31H2,1-12H3,(H,50,56). The van der Waals surface area contributed by atoms with E-state index in [4.69, 9.17) is 19.6 Å². The average molecular weight is 792 g/mol. The predicted octanol–water partition coefficient (Wildman–Crippen LogP) is 12.0. The van der Waals surface area contributed by atoms with Gasteiger partial charge in [0.2, 0.25) is 5.65 Å². The van der Waals surface area contributed by atoms with E-state index < -0.39 is 6.10 Å². The number of nitrogens with one attached hydrogen (secondary N) is 2. The van der Waals surface area contributed by atoms with Gasteiger partial charge in [-0.2, -0.15) is 0 Å². The Labute approximate surface area is 347 Å². The molecule has 2 aromatic heterocycles. The van der Waals surface area contributed by atoms with Crippen LogP contribution >= 0.6 is 0 Å². The summed E-state index contributed by atoms with van der Waals surface area (Å²) in [6.07, 6.45) is 6.26. The Kier molecular flexibility index (Phi) is 14.1. The van der Waals surface area contributed by atoms with E-state index in [0.29, 0.717) is 35.9 Å². The van der Waals surface area contributed by atoms with Crippen molar-refractivity contribution in [2.45, 2.75) is 162 Å². The third kappa shape index (κ3) is 10.1. The van der Waals surface area contributed by atoms with Crippen molar-refractivity contribution < 1.29 is 19.4 Å². The van der Waals surface area contributed by atoms with Gasteiger partial charge in [0.05, 0.1) is 5.69 Å². The van der Waals surface area contributed by atoms with Gasteiger partial charge < -0.3 is 19.9 Å². The average Bonchev–Trinajstić information content (AvgIpc) is 3.77. The molecule has 9 heteroatoms. The molecule has 2 unspecified atom stereocenters. The summed E-state index contributed by atoms with van der Waals surface area (Å²) in [5.74, 6) is 2.84. The van der Waals surface area contributed by atoms with Gasteiger partial charge in [-0.05, 0) is 89.5 Å². The van der Waals surface area contributed by atoms with Gasteiger partial charge in [-0.25, -0.2) is 4.98 Å². The highest BCUT2D eigenvalue weighted by atomic mass is 16.5. The number of ether oxygens (including phenoxy) is 2. The number of aromatic hydroxyl groups is 1. The highest BCUT2D eigenvalue weighted by Gasteiger charge is 2.30. The zero-order valence-corrected chi connectivity index (χ0v) is 37.3. The number of carbonyl (C=O) groups is 1. The van der Waals surface area contributed by atoms with E-state index in [1.165, 1.54) is 5.56 Å². The molecule has 2 heterocycles. The van der Waals surface area contributed by atoms with Gasteiger partial charge in [0.25, 0.3) is 5.91 Å². The smallest absolute Gasteiger partial charge is 0.261 e. The van der Waals surface area contributed by atoms with Crippen molar-refractivity contribution in [1.82, 2.24) is 25.1 Å². The van der Waals surface area contributed by atoms with Crippen LogP contribution < -0.4 is 14.8 Å². The first kappa shape index (κ1) is 44.3. The quantitative estimate of drug-likeness (QED) is 0.0676. The van der Waals surface area contributed by atoms with E-state index in [1.807, 2.05) is 31.2 Å². The minimum absolute atomic E-state index is 0.0409. The van der Waals surface area contributed by atoms with Crippen molar-refractivity contribution in [3.63, 3.8) is 0 Å². The molecular weight excluding hydrogens is 723 g/mol. The van der Waals surface area contributed by atoms with Crippen LogP contribution in [0.15, 0.2) is 66.7 Å². The minimum Gasteiger partial charge on any atom is -0.508 e. The molecule has 2 atom stereocenters. The number of aromatic amines is 1. The van der Waals surface area contributed by atoms with Crippen molar-refractivity contribution in [2.24, 2.45) is 0 Å². The number of hydrogen-bond donors (Lipinski definition) is 3. The molecule has 0 saturated carbocycles. The summed E-state index contributed by atoms with van der Waals surface area (Å²) in [5, 5.41) is 21.2. The Bertz CT molecular complexity index is 2110. The molecule has 5 aromatic rings. The molecule has 9 nitrogen and oxygen atoms in total. The normalized spacial score (nSPS) is 13.5. The highest BCUT2D eigenvalue weighted by molar-refractivity contribution is 5.81. The number of hydrogen-bond acceptors (Lipinski definition) is 6. The molecule has 5 rings (SSSR count). The summed E-state index contributed by atoms with van der Waals surface area (Å²) in [7, 11) is 0. The van der Waals surface area contributed by atoms with Gasteiger partial charge in [0.1, 0.15) is 17.2 Å². The molecule has 3 N–H and O–H groups in total. The number of phenols is 1. The molecule has 58 heavy (non-hydrogen) atoms. The van der Waals surface area contributed by atoms with Gasteiger partial charge in [-0.3, -0.25) is 9.89 Å². The third-order valence-corrected chi connectivity index (χ3v) is 12.4. The molecule has 0 saturated heterocycles. The van der Waals surface area contributed by atoms with Gasteiger partial charge >= 0.3 is 0 Å². The van der Waals surface area contributed by atoms with Crippen LogP contribution in [0.3, 0.4) is 0 Å². The Hall–Kier alpha value is -4.79. The Morgan fingerprint density at radius 2 is 1.45 bits per heavy atom. The molecule has 0 aliphatic carbocycles. The number of phenolic OH excluding ortho intramolecular Hbond substituents is 1. The van der Waals surface area contributed by atoms with Crippen LogP contribution in [0.1, 0.15) is 174 Å². The van der Waals surface area contributed by atoms with E-state index in [9.17, 15) is 9.90 Å². The third-order valence-electron chi connectivity index (χ3n) is 12.4. The van der Waals surface area contributed by atoms with Gasteiger partial charge in [-0.1, -0.05) is 139 Å². The number of nitrogens with zero attached hydrogens (tertiary/aromatic N) is 3. The maximum absolute atomic E-state index is 14.0. The molecule has 0 radical (unpaired) electrons. The summed E-state index contributed by atoms with van der Waals surface area (Å²) in [6.45, 7) is 26.7.